The van der Waals surface area contributed by atoms with E-state index in [1.807, 2.05) is 32.0 Å². The predicted molar refractivity (Wildman–Crippen MR) is 165 cm³/mol. The van der Waals surface area contributed by atoms with Gasteiger partial charge in [0.05, 0.1) is 57.7 Å². The maximum absolute atomic E-state index is 14.0. The van der Waals surface area contributed by atoms with Crippen molar-refractivity contribution in [2.24, 2.45) is 5.92 Å². The number of anilines is 1. The monoisotopic (exact) mass is 607 g/mol. The first-order chi connectivity index (χ1) is 20.1. The van der Waals surface area contributed by atoms with Gasteiger partial charge < -0.3 is 19.3 Å². The SMILES string of the molecule is CCOc1ccc2nc(N3C(=O)C(O)=C(C(=O)c4sc(C)nc4C)C3c3ccc(OCCC(C)C)c(OC)c3)sc2c1. The van der Waals surface area contributed by atoms with Crippen molar-refractivity contribution in [3.05, 3.63) is 68.9 Å². The summed E-state index contributed by atoms with van der Waals surface area (Å²) in [7, 11) is 1.54. The first-order valence-corrected chi connectivity index (χ1v) is 15.4. The number of hydrogen-bond acceptors (Lipinski definition) is 10. The normalized spacial score (nSPS) is 15.3. The molecule has 42 heavy (non-hydrogen) atoms. The number of hydrogen-bond donors (Lipinski definition) is 1. The highest BCUT2D eigenvalue weighted by atomic mass is 32.1. The Kier molecular flexibility index (Phi) is 8.51. The van der Waals surface area contributed by atoms with Gasteiger partial charge in [0.15, 0.2) is 22.4 Å². The highest BCUT2D eigenvalue weighted by Crippen LogP contribution is 2.46. The third-order valence-electron chi connectivity index (χ3n) is 6.88. The molecule has 0 fully saturated rings. The highest BCUT2D eigenvalue weighted by molar-refractivity contribution is 7.22. The molecule has 1 aliphatic heterocycles. The molecular weight excluding hydrogens is 574 g/mol. The van der Waals surface area contributed by atoms with Crippen molar-refractivity contribution in [2.45, 2.75) is 47.1 Å². The second-order valence-corrected chi connectivity index (χ2v) is 12.5. The number of nitrogens with zero attached hydrogens (tertiary/aromatic N) is 3. The number of benzene rings is 2. The summed E-state index contributed by atoms with van der Waals surface area (Å²) in [6, 6.07) is 9.85. The van der Waals surface area contributed by atoms with Crippen LogP contribution in [0.1, 0.15) is 59.2 Å². The van der Waals surface area contributed by atoms with Gasteiger partial charge in [-0.2, -0.15) is 0 Å². The van der Waals surface area contributed by atoms with Crippen LogP contribution < -0.4 is 19.1 Å². The van der Waals surface area contributed by atoms with Crippen molar-refractivity contribution < 1.29 is 28.9 Å². The minimum Gasteiger partial charge on any atom is -0.503 e. The quantitative estimate of drug-likeness (QED) is 0.182. The molecule has 1 amide bonds. The first-order valence-electron chi connectivity index (χ1n) is 13.7. The molecule has 1 atom stereocenters. The number of Topliss-reactive ketones (excluding diaryl/α,β-unsaturated/α-hetero) is 1. The van der Waals surface area contributed by atoms with E-state index in [4.69, 9.17) is 19.2 Å². The lowest BCUT2D eigenvalue weighted by atomic mass is 9.95. The largest absolute Gasteiger partial charge is 0.503 e. The average Bonchev–Trinajstić information content (AvgIpc) is 3.60. The van der Waals surface area contributed by atoms with Crippen molar-refractivity contribution >= 4 is 49.7 Å². The van der Waals surface area contributed by atoms with E-state index in [-0.39, 0.29) is 5.57 Å². The Morgan fingerprint density at radius 3 is 2.52 bits per heavy atom. The number of aryl methyl sites for hydroxylation is 2. The number of methoxy groups -OCH3 is 1. The number of amides is 1. The lowest BCUT2D eigenvalue weighted by Crippen LogP contribution is -2.31. The number of carbonyl (C=O) groups excluding carboxylic acids is 2. The summed E-state index contributed by atoms with van der Waals surface area (Å²) in [5, 5.41) is 12.3. The lowest BCUT2D eigenvalue weighted by Gasteiger charge is -2.25. The number of aromatic nitrogens is 2. The number of aliphatic hydroxyl groups excluding tert-OH is 1. The molecular formula is C31H33N3O6S2. The Bertz CT molecular complexity index is 1690. The van der Waals surface area contributed by atoms with Gasteiger partial charge in [0.1, 0.15) is 5.75 Å². The van der Waals surface area contributed by atoms with Crippen LogP contribution in [0.3, 0.4) is 0 Å². The zero-order valence-corrected chi connectivity index (χ0v) is 26.0. The van der Waals surface area contributed by atoms with E-state index in [1.54, 1.807) is 32.2 Å². The van der Waals surface area contributed by atoms with E-state index in [1.165, 1.54) is 27.6 Å². The van der Waals surface area contributed by atoms with Crippen molar-refractivity contribution in [1.82, 2.24) is 9.97 Å². The zero-order chi connectivity index (χ0) is 30.1. The van der Waals surface area contributed by atoms with Crippen LogP contribution in [0.25, 0.3) is 10.2 Å². The number of ether oxygens (including phenoxy) is 3. The van der Waals surface area contributed by atoms with E-state index in [2.05, 4.69) is 18.8 Å². The van der Waals surface area contributed by atoms with Crippen molar-refractivity contribution in [3.63, 3.8) is 0 Å². The zero-order valence-electron chi connectivity index (χ0n) is 24.4. The smallest absolute Gasteiger partial charge is 0.296 e. The standard InChI is InChI=1S/C31H33N3O6S2/c1-7-39-20-9-10-21-24(15-20)42-31(33-21)34-26(19-8-11-22(23(14-19)38-6)40-13-12-16(2)3)25(28(36)30(34)37)27(35)29-17(4)32-18(5)41-29/h8-11,14-16,26,36H,7,12-13H2,1-6H3. The molecule has 1 N–H and O–H groups in total. The van der Waals surface area contributed by atoms with Crippen LogP contribution >= 0.6 is 22.7 Å². The van der Waals surface area contributed by atoms with Crippen LogP contribution in [0.15, 0.2) is 47.7 Å². The van der Waals surface area contributed by atoms with E-state index in [0.717, 1.165) is 16.1 Å². The Morgan fingerprint density at radius 1 is 1.07 bits per heavy atom. The van der Waals surface area contributed by atoms with Crippen LogP contribution in [0.2, 0.25) is 0 Å². The van der Waals surface area contributed by atoms with E-state index < -0.39 is 23.5 Å². The Labute approximate surface area is 252 Å². The van der Waals surface area contributed by atoms with Crippen LogP contribution in [-0.2, 0) is 4.79 Å². The summed E-state index contributed by atoms with van der Waals surface area (Å²) in [6.45, 7) is 10.7. The summed E-state index contributed by atoms with van der Waals surface area (Å²) in [5.41, 5.74) is 1.75. The molecule has 0 spiro atoms. The maximum atomic E-state index is 14.0. The Morgan fingerprint density at radius 2 is 1.86 bits per heavy atom. The molecule has 4 aromatic rings. The highest BCUT2D eigenvalue weighted by Gasteiger charge is 2.46. The van der Waals surface area contributed by atoms with Crippen LogP contribution in [-0.4, -0.2) is 47.1 Å². The second-order valence-electron chi connectivity index (χ2n) is 10.3. The van der Waals surface area contributed by atoms with Crippen molar-refractivity contribution in [1.29, 1.82) is 0 Å². The van der Waals surface area contributed by atoms with Crippen LogP contribution in [0, 0.1) is 19.8 Å². The Hall–Kier alpha value is -3.96. The molecule has 9 nitrogen and oxygen atoms in total. The molecule has 1 unspecified atom stereocenters. The number of ketones is 1. The second kappa shape index (κ2) is 12.1. The van der Waals surface area contributed by atoms with Gasteiger partial charge in [-0.15, -0.1) is 11.3 Å². The summed E-state index contributed by atoms with van der Waals surface area (Å²) in [6.07, 6.45) is 0.876. The number of carbonyl (C=O) groups is 2. The summed E-state index contributed by atoms with van der Waals surface area (Å²) in [4.78, 5) is 38.6. The molecule has 2 aromatic heterocycles. The third kappa shape index (κ3) is 5.58. The number of aliphatic hydroxyl groups is 1. The van der Waals surface area contributed by atoms with E-state index >= 15 is 0 Å². The van der Waals surface area contributed by atoms with Gasteiger partial charge in [-0.05, 0) is 69.0 Å². The predicted octanol–water partition coefficient (Wildman–Crippen LogP) is 6.98. The molecule has 3 heterocycles. The number of rotatable bonds is 11. The molecule has 0 aliphatic carbocycles. The molecule has 1 aliphatic rings. The topological polar surface area (TPSA) is 111 Å². The van der Waals surface area contributed by atoms with Crippen LogP contribution in [0.5, 0.6) is 17.2 Å². The molecule has 220 valence electrons. The Balaban J connectivity index is 1.62. The summed E-state index contributed by atoms with van der Waals surface area (Å²) >= 11 is 2.51. The molecule has 0 saturated carbocycles. The summed E-state index contributed by atoms with van der Waals surface area (Å²) < 4.78 is 18.1. The van der Waals surface area contributed by atoms with Crippen molar-refractivity contribution in [2.75, 3.05) is 25.2 Å². The minimum absolute atomic E-state index is 0.0310. The molecule has 0 radical (unpaired) electrons. The fourth-order valence-electron chi connectivity index (χ4n) is 4.84. The number of fused-ring (bicyclic) bond motifs is 1. The number of thiazole rings is 2. The fraction of sp³-hybridized carbons (Fsp3) is 0.355. The van der Waals surface area contributed by atoms with Gasteiger partial charge >= 0.3 is 0 Å². The molecule has 2 aromatic carbocycles. The van der Waals surface area contributed by atoms with Gasteiger partial charge in [0.2, 0.25) is 5.78 Å². The van der Waals surface area contributed by atoms with Gasteiger partial charge in [0.25, 0.3) is 5.91 Å². The van der Waals surface area contributed by atoms with Gasteiger partial charge in [-0.3, -0.25) is 14.5 Å². The summed E-state index contributed by atoms with van der Waals surface area (Å²) in [5.74, 6) is 0.409. The molecule has 0 bridgehead atoms. The molecule has 5 rings (SSSR count). The fourth-order valence-corrected chi connectivity index (χ4v) is 6.74. The average molecular weight is 608 g/mol. The lowest BCUT2D eigenvalue weighted by molar-refractivity contribution is -0.117. The van der Waals surface area contributed by atoms with Crippen molar-refractivity contribution in [3.8, 4) is 17.2 Å². The first kappa shape index (κ1) is 29.5. The minimum atomic E-state index is -0.961. The van der Waals surface area contributed by atoms with Crippen LogP contribution in [0.4, 0.5) is 5.13 Å². The molecule has 11 heteroatoms. The molecule has 0 saturated heterocycles. The van der Waals surface area contributed by atoms with Gasteiger partial charge in [-0.25, -0.2) is 9.97 Å². The maximum Gasteiger partial charge on any atom is 0.296 e. The van der Waals surface area contributed by atoms with Gasteiger partial charge in [-0.1, -0.05) is 31.3 Å². The van der Waals surface area contributed by atoms with E-state index in [0.29, 0.717) is 63.2 Å². The van der Waals surface area contributed by atoms with E-state index in [9.17, 15) is 14.7 Å². The van der Waals surface area contributed by atoms with Gasteiger partial charge in [0, 0.05) is 0 Å². The third-order valence-corrected chi connectivity index (χ3v) is 8.97.